The molecule has 1 N–H and O–H groups in total. The summed E-state index contributed by atoms with van der Waals surface area (Å²) in [6.45, 7) is 6.22. The lowest BCUT2D eigenvalue weighted by Crippen LogP contribution is -2.12. The number of carbonyl (C=O) groups is 1. The van der Waals surface area contributed by atoms with Crippen LogP contribution in [0.25, 0.3) is 11.0 Å². The number of hydrogen-bond acceptors (Lipinski definition) is 2. The predicted molar refractivity (Wildman–Crippen MR) is 99.1 cm³/mol. The van der Waals surface area contributed by atoms with Crippen LogP contribution in [0.4, 0.5) is 5.69 Å². The quantitative estimate of drug-likeness (QED) is 0.617. The van der Waals surface area contributed by atoms with Crippen LogP contribution in [-0.2, 0) is 0 Å². The van der Waals surface area contributed by atoms with Gasteiger partial charge in [0.05, 0.1) is 0 Å². The minimum absolute atomic E-state index is 0.254. The highest BCUT2D eigenvalue weighted by Gasteiger charge is 2.18. The highest BCUT2D eigenvalue weighted by molar-refractivity contribution is 6.31. The molecule has 0 unspecified atom stereocenters. The molecule has 0 spiro atoms. The zero-order chi connectivity index (χ0) is 17.3. The van der Waals surface area contributed by atoms with Crippen molar-refractivity contribution in [1.82, 2.24) is 0 Å². The SMILES string of the molecule is CC[C@H](C)c1ccc(NC(=O)c2oc3ccc(Cl)cc3c2C)cc1. The molecule has 0 saturated heterocycles. The summed E-state index contributed by atoms with van der Waals surface area (Å²) in [4.78, 5) is 12.5. The molecule has 1 atom stereocenters. The molecule has 124 valence electrons. The molecule has 1 heterocycles. The summed E-state index contributed by atoms with van der Waals surface area (Å²) in [5.41, 5.74) is 3.48. The van der Waals surface area contributed by atoms with E-state index in [4.69, 9.17) is 16.0 Å². The Morgan fingerprint density at radius 1 is 1.21 bits per heavy atom. The number of aryl methyl sites for hydroxylation is 1. The topological polar surface area (TPSA) is 42.2 Å². The summed E-state index contributed by atoms with van der Waals surface area (Å²) in [5, 5.41) is 4.38. The van der Waals surface area contributed by atoms with Crippen LogP contribution in [0.3, 0.4) is 0 Å². The van der Waals surface area contributed by atoms with E-state index < -0.39 is 0 Å². The van der Waals surface area contributed by atoms with Crippen molar-refractivity contribution in [2.45, 2.75) is 33.1 Å². The number of amides is 1. The van der Waals surface area contributed by atoms with E-state index in [0.29, 0.717) is 22.3 Å². The molecule has 0 aliphatic rings. The van der Waals surface area contributed by atoms with E-state index in [2.05, 4.69) is 31.3 Å². The third-order valence-electron chi connectivity index (χ3n) is 4.45. The Balaban J connectivity index is 1.83. The molecule has 0 saturated carbocycles. The van der Waals surface area contributed by atoms with Gasteiger partial charge in [-0.25, -0.2) is 0 Å². The Kier molecular flexibility index (Phi) is 4.63. The monoisotopic (exact) mass is 341 g/mol. The summed E-state index contributed by atoms with van der Waals surface area (Å²) in [6.07, 6.45) is 1.09. The van der Waals surface area contributed by atoms with Gasteiger partial charge in [-0.3, -0.25) is 4.79 Å². The molecule has 3 rings (SSSR count). The largest absolute Gasteiger partial charge is 0.451 e. The molecule has 0 aliphatic carbocycles. The highest BCUT2D eigenvalue weighted by atomic mass is 35.5. The molecule has 3 nitrogen and oxygen atoms in total. The number of nitrogens with one attached hydrogen (secondary N) is 1. The van der Waals surface area contributed by atoms with Gasteiger partial charge in [-0.1, -0.05) is 37.6 Å². The van der Waals surface area contributed by atoms with Crippen molar-refractivity contribution < 1.29 is 9.21 Å². The molecule has 24 heavy (non-hydrogen) atoms. The molecular formula is C20H20ClNO2. The van der Waals surface area contributed by atoms with E-state index in [9.17, 15) is 4.79 Å². The maximum Gasteiger partial charge on any atom is 0.291 e. The van der Waals surface area contributed by atoms with E-state index in [1.807, 2.05) is 25.1 Å². The van der Waals surface area contributed by atoms with Crippen molar-refractivity contribution in [3.63, 3.8) is 0 Å². The van der Waals surface area contributed by atoms with Gasteiger partial charge >= 0.3 is 0 Å². The number of furan rings is 1. The first kappa shape index (κ1) is 16.6. The van der Waals surface area contributed by atoms with Crippen LogP contribution >= 0.6 is 11.6 Å². The van der Waals surface area contributed by atoms with Gasteiger partial charge in [0, 0.05) is 21.7 Å². The smallest absolute Gasteiger partial charge is 0.291 e. The zero-order valence-electron chi connectivity index (χ0n) is 14.0. The molecule has 0 bridgehead atoms. The van der Waals surface area contributed by atoms with Crippen LogP contribution in [0, 0.1) is 6.92 Å². The summed E-state index contributed by atoms with van der Waals surface area (Å²) in [7, 11) is 0. The second-order valence-electron chi connectivity index (χ2n) is 6.08. The van der Waals surface area contributed by atoms with Crippen LogP contribution < -0.4 is 5.32 Å². The Labute approximate surface area is 146 Å². The average Bonchev–Trinajstić information content (AvgIpc) is 2.91. The fraction of sp³-hybridized carbons (Fsp3) is 0.250. The minimum Gasteiger partial charge on any atom is -0.451 e. The standard InChI is InChI=1S/C20H20ClNO2/c1-4-12(2)14-5-8-16(9-6-14)22-20(23)19-13(3)17-11-15(21)7-10-18(17)24-19/h5-12H,4H2,1-3H3,(H,22,23)/t12-/m0/s1. The van der Waals surface area contributed by atoms with Gasteiger partial charge in [0.15, 0.2) is 5.76 Å². The molecule has 4 heteroatoms. The van der Waals surface area contributed by atoms with Crippen LogP contribution in [0.15, 0.2) is 46.9 Å². The fourth-order valence-corrected chi connectivity index (χ4v) is 2.90. The molecule has 0 fully saturated rings. The lowest BCUT2D eigenvalue weighted by atomic mass is 9.99. The second-order valence-corrected chi connectivity index (χ2v) is 6.52. The van der Waals surface area contributed by atoms with Gasteiger partial charge in [-0.05, 0) is 55.2 Å². The van der Waals surface area contributed by atoms with Crippen molar-refractivity contribution in [2.24, 2.45) is 0 Å². The molecule has 1 aromatic heterocycles. The van der Waals surface area contributed by atoms with Crippen molar-refractivity contribution in [1.29, 1.82) is 0 Å². The second kappa shape index (κ2) is 6.70. The minimum atomic E-state index is -0.254. The Hall–Kier alpha value is -2.26. The maximum atomic E-state index is 12.5. The summed E-state index contributed by atoms with van der Waals surface area (Å²) in [5.74, 6) is 0.575. The van der Waals surface area contributed by atoms with E-state index in [1.54, 1.807) is 12.1 Å². The number of anilines is 1. The molecule has 1 amide bonds. The summed E-state index contributed by atoms with van der Waals surface area (Å²) in [6, 6.07) is 13.3. The van der Waals surface area contributed by atoms with E-state index >= 15 is 0 Å². The van der Waals surface area contributed by atoms with Gasteiger partial charge in [0.1, 0.15) is 5.58 Å². The number of fused-ring (bicyclic) bond motifs is 1. The van der Waals surface area contributed by atoms with Gasteiger partial charge in [-0.2, -0.15) is 0 Å². The van der Waals surface area contributed by atoms with Gasteiger partial charge < -0.3 is 9.73 Å². The average molecular weight is 342 g/mol. The highest BCUT2D eigenvalue weighted by Crippen LogP contribution is 2.28. The van der Waals surface area contributed by atoms with Crippen molar-refractivity contribution >= 4 is 34.2 Å². The molecule has 0 aliphatic heterocycles. The third-order valence-corrected chi connectivity index (χ3v) is 4.69. The van der Waals surface area contributed by atoms with Crippen molar-refractivity contribution in [2.75, 3.05) is 5.32 Å². The van der Waals surface area contributed by atoms with E-state index in [1.165, 1.54) is 5.56 Å². The van der Waals surface area contributed by atoms with E-state index in [-0.39, 0.29) is 5.91 Å². The number of benzene rings is 2. The Morgan fingerprint density at radius 3 is 2.58 bits per heavy atom. The summed E-state index contributed by atoms with van der Waals surface area (Å²) < 4.78 is 5.70. The first-order chi connectivity index (χ1) is 11.5. The Morgan fingerprint density at radius 2 is 1.92 bits per heavy atom. The van der Waals surface area contributed by atoms with Crippen LogP contribution in [0.1, 0.15) is 47.9 Å². The van der Waals surface area contributed by atoms with Crippen molar-refractivity contribution in [3.8, 4) is 0 Å². The number of halogens is 1. The Bertz CT molecular complexity index is 881. The van der Waals surface area contributed by atoms with Gasteiger partial charge in [0.25, 0.3) is 5.91 Å². The van der Waals surface area contributed by atoms with Crippen molar-refractivity contribution in [3.05, 3.63) is 64.4 Å². The lowest BCUT2D eigenvalue weighted by molar-refractivity contribution is 0.0998. The van der Waals surface area contributed by atoms with Gasteiger partial charge in [-0.15, -0.1) is 0 Å². The first-order valence-electron chi connectivity index (χ1n) is 8.09. The third kappa shape index (κ3) is 3.17. The normalized spacial score (nSPS) is 12.3. The number of carbonyl (C=O) groups excluding carboxylic acids is 1. The van der Waals surface area contributed by atoms with E-state index in [0.717, 1.165) is 23.1 Å². The molecule has 3 aromatic rings. The maximum absolute atomic E-state index is 12.5. The molecule has 2 aromatic carbocycles. The van der Waals surface area contributed by atoms with Gasteiger partial charge in [0.2, 0.25) is 0 Å². The predicted octanol–water partition coefficient (Wildman–Crippen LogP) is 6.16. The first-order valence-corrected chi connectivity index (χ1v) is 8.47. The van der Waals surface area contributed by atoms with Crippen LogP contribution in [0.2, 0.25) is 5.02 Å². The number of rotatable bonds is 4. The lowest BCUT2D eigenvalue weighted by Gasteiger charge is -2.10. The number of hydrogen-bond donors (Lipinski definition) is 1. The van der Waals surface area contributed by atoms with Crippen LogP contribution in [-0.4, -0.2) is 5.91 Å². The zero-order valence-corrected chi connectivity index (χ0v) is 14.8. The molecular weight excluding hydrogens is 322 g/mol. The summed E-state index contributed by atoms with van der Waals surface area (Å²) >= 11 is 6.02. The van der Waals surface area contributed by atoms with Crippen LogP contribution in [0.5, 0.6) is 0 Å². The fourth-order valence-electron chi connectivity index (χ4n) is 2.73. The molecule has 0 radical (unpaired) electrons.